The Labute approximate surface area is 127 Å². The van der Waals surface area contributed by atoms with Gasteiger partial charge in [0.1, 0.15) is 10.5 Å². The van der Waals surface area contributed by atoms with Gasteiger partial charge in [-0.15, -0.1) is 0 Å². The van der Waals surface area contributed by atoms with Crippen LogP contribution in [-0.4, -0.2) is 28.7 Å². The second-order valence-corrected chi connectivity index (χ2v) is 5.75. The third kappa shape index (κ3) is 8.54. The molecule has 0 N–H and O–H groups in total. The molecule has 0 aliphatic rings. The van der Waals surface area contributed by atoms with Gasteiger partial charge in [0, 0.05) is 6.08 Å². The maximum atomic E-state index is 10.8. The van der Waals surface area contributed by atoms with Crippen molar-refractivity contribution in [3.63, 3.8) is 0 Å². The molecule has 0 heterocycles. The average molecular weight is 301 g/mol. The zero-order valence-corrected chi connectivity index (χ0v) is 15.6. The Kier molecular flexibility index (Phi) is 11.8. The molecule has 0 bridgehead atoms. The van der Waals surface area contributed by atoms with Crippen molar-refractivity contribution in [3.05, 3.63) is 12.7 Å². The number of unbranched alkanes of at least 4 members (excludes halogenated alkanes) is 5. The molecule has 3 nitrogen and oxygen atoms in total. The summed E-state index contributed by atoms with van der Waals surface area (Å²) >= 11 is 0. The average Bonchev–Trinajstić information content (AvgIpc) is 2.49. The summed E-state index contributed by atoms with van der Waals surface area (Å²) in [6, 6.07) is 0. The third-order valence-corrected chi connectivity index (χ3v) is 5.03. The Morgan fingerprint density at radius 2 is 1.65 bits per heavy atom. The van der Waals surface area contributed by atoms with Crippen LogP contribution in [0.15, 0.2) is 12.7 Å². The second kappa shape index (κ2) is 12.2. The summed E-state index contributed by atoms with van der Waals surface area (Å²) in [5, 5.41) is 0. The molecule has 0 aromatic rings. The molecule has 0 radical (unpaired) electrons. The van der Waals surface area contributed by atoms with Crippen LogP contribution in [0.1, 0.15) is 71.6 Å². The number of esters is 1. The predicted octanol–water partition coefficient (Wildman–Crippen LogP) is 3.30. The summed E-state index contributed by atoms with van der Waals surface area (Å²) < 4.78 is 10.7. The van der Waals surface area contributed by atoms with Crippen LogP contribution in [-0.2, 0) is 14.0 Å². The monoisotopic (exact) mass is 300 g/mol. The van der Waals surface area contributed by atoms with Crippen LogP contribution in [0.5, 0.6) is 0 Å². The van der Waals surface area contributed by atoms with Crippen molar-refractivity contribution in [3.8, 4) is 0 Å². The van der Waals surface area contributed by atoms with E-state index in [0.29, 0.717) is 6.61 Å². The van der Waals surface area contributed by atoms with Crippen LogP contribution in [0.4, 0.5) is 0 Å². The van der Waals surface area contributed by atoms with Gasteiger partial charge in [-0.2, -0.15) is 0 Å². The van der Waals surface area contributed by atoms with Crippen LogP contribution >= 0.6 is 0 Å². The molecule has 0 atom stereocenters. The van der Waals surface area contributed by atoms with Gasteiger partial charge >= 0.3 is 5.97 Å². The van der Waals surface area contributed by atoms with Gasteiger partial charge in [0.15, 0.2) is 0 Å². The SMILES string of the molecule is C=CC(=O)OCCCCCCCCC(CC)(CC)O[SiH3]. The number of ether oxygens (including phenoxy) is 1. The van der Waals surface area contributed by atoms with Gasteiger partial charge < -0.3 is 9.16 Å². The van der Waals surface area contributed by atoms with Gasteiger partial charge in [0.05, 0.1) is 12.2 Å². The number of hydrogen-bond acceptors (Lipinski definition) is 3. The molecular formula is C16H32O3Si. The molecule has 118 valence electrons. The van der Waals surface area contributed by atoms with E-state index >= 15 is 0 Å². The van der Waals surface area contributed by atoms with E-state index in [1.807, 2.05) is 0 Å². The lowest BCUT2D eigenvalue weighted by atomic mass is 9.90. The van der Waals surface area contributed by atoms with Crippen molar-refractivity contribution in [1.29, 1.82) is 0 Å². The van der Waals surface area contributed by atoms with Crippen LogP contribution in [0, 0.1) is 0 Å². The van der Waals surface area contributed by atoms with E-state index in [4.69, 9.17) is 9.16 Å². The zero-order valence-electron chi connectivity index (χ0n) is 13.6. The van der Waals surface area contributed by atoms with E-state index in [1.54, 1.807) is 0 Å². The molecule has 0 fully saturated rings. The highest BCUT2D eigenvalue weighted by atomic mass is 28.2. The van der Waals surface area contributed by atoms with E-state index < -0.39 is 0 Å². The number of carbonyl (C=O) groups is 1. The highest BCUT2D eigenvalue weighted by molar-refractivity contribution is 5.98. The van der Waals surface area contributed by atoms with Crippen LogP contribution in [0.3, 0.4) is 0 Å². The molecule has 0 amide bonds. The van der Waals surface area contributed by atoms with Gasteiger partial charge in [-0.1, -0.05) is 52.5 Å². The molecule has 0 aliphatic carbocycles. The molecule has 0 spiro atoms. The highest BCUT2D eigenvalue weighted by Crippen LogP contribution is 2.26. The summed E-state index contributed by atoms with van der Waals surface area (Å²) in [5.74, 6) is -0.316. The Morgan fingerprint density at radius 3 is 2.15 bits per heavy atom. The Morgan fingerprint density at radius 1 is 1.10 bits per heavy atom. The van der Waals surface area contributed by atoms with Crippen molar-refractivity contribution < 1.29 is 14.0 Å². The van der Waals surface area contributed by atoms with Crippen LogP contribution in [0.25, 0.3) is 0 Å². The lowest BCUT2D eigenvalue weighted by molar-refractivity contribution is -0.137. The molecular weight excluding hydrogens is 268 g/mol. The van der Waals surface area contributed by atoms with E-state index in [0.717, 1.165) is 36.2 Å². The van der Waals surface area contributed by atoms with Crippen LogP contribution < -0.4 is 0 Å². The van der Waals surface area contributed by atoms with E-state index in [2.05, 4.69) is 20.4 Å². The Balaban J connectivity index is 3.44. The van der Waals surface area contributed by atoms with E-state index in [-0.39, 0.29) is 11.6 Å². The number of carbonyl (C=O) groups excluding carboxylic acids is 1. The first-order valence-corrected chi connectivity index (χ1v) is 8.80. The first-order valence-electron chi connectivity index (χ1n) is 7.98. The normalized spacial score (nSPS) is 11.5. The van der Waals surface area contributed by atoms with Crippen molar-refractivity contribution >= 4 is 16.5 Å². The quantitative estimate of drug-likeness (QED) is 0.227. The standard InChI is InChI=1S/C16H32O3Si/c1-4-15(17)18-14-12-10-8-7-9-11-13-16(5-2,6-3)19-20/h4H,1,5-14H2,2-3,20H3. The molecule has 0 unspecified atom stereocenters. The molecule has 4 heteroatoms. The van der Waals surface area contributed by atoms with Crippen molar-refractivity contribution in [2.45, 2.75) is 77.2 Å². The molecule has 20 heavy (non-hydrogen) atoms. The van der Waals surface area contributed by atoms with Gasteiger partial charge in [-0.25, -0.2) is 4.79 Å². The Bertz CT molecular complexity index is 254. The maximum Gasteiger partial charge on any atom is 0.330 e. The maximum absolute atomic E-state index is 10.8. The minimum atomic E-state index is -0.316. The predicted molar refractivity (Wildman–Crippen MR) is 87.8 cm³/mol. The third-order valence-electron chi connectivity index (χ3n) is 4.16. The lowest BCUT2D eigenvalue weighted by Gasteiger charge is -2.31. The molecule has 0 saturated heterocycles. The second-order valence-electron chi connectivity index (χ2n) is 5.34. The largest absolute Gasteiger partial charge is 0.463 e. The van der Waals surface area contributed by atoms with Crippen molar-refractivity contribution in [2.24, 2.45) is 0 Å². The first kappa shape index (κ1) is 19.4. The summed E-state index contributed by atoms with van der Waals surface area (Å²) in [6.07, 6.45) is 11.8. The Hall–Kier alpha value is -0.613. The first-order chi connectivity index (χ1) is 9.64. The fourth-order valence-electron chi connectivity index (χ4n) is 2.48. The lowest BCUT2D eigenvalue weighted by Crippen LogP contribution is -2.30. The minimum absolute atomic E-state index is 0.158. The summed E-state index contributed by atoms with van der Waals surface area (Å²) in [4.78, 5) is 10.8. The fraction of sp³-hybridized carbons (Fsp3) is 0.812. The van der Waals surface area contributed by atoms with Crippen LogP contribution in [0.2, 0.25) is 0 Å². The van der Waals surface area contributed by atoms with Crippen molar-refractivity contribution in [2.75, 3.05) is 6.61 Å². The van der Waals surface area contributed by atoms with Gasteiger partial charge in [0.2, 0.25) is 0 Å². The topological polar surface area (TPSA) is 35.5 Å². The van der Waals surface area contributed by atoms with Crippen molar-refractivity contribution in [1.82, 2.24) is 0 Å². The van der Waals surface area contributed by atoms with E-state index in [9.17, 15) is 4.79 Å². The molecule has 0 aliphatic heterocycles. The zero-order chi connectivity index (χ0) is 15.3. The highest BCUT2D eigenvalue weighted by Gasteiger charge is 2.23. The molecule has 0 aromatic carbocycles. The molecule has 0 aromatic heterocycles. The summed E-state index contributed by atoms with van der Waals surface area (Å²) in [6.45, 7) is 8.35. The smallest absolute Gasteiger partial charge is 0.330 e. The minimum Gasteiger partial charge on any atom is -0.463 e. The summed E-state index contributed by atoms with van der Waals surface area (Å²) in [7, 11) is 0.836. The molecule has 0 rings (SSSR count). The number of rotatable bonds is 13. The van der Waals surface area contributed by atoms with Gasteiger partial charge in [0.25, 0.3) is 0 Å². The van der Waals surface area contributed by atoms with E-state index in [1.165, 1.54) is 38.2 Å². The van der Waals surface area contributed by atoms with Gasteiger partial charge in [-0.05, 0) is 25.7 Å². The molecule has 0 saturated carbocycles. The van der Waals surface area contributed by atoms with Gasteiger partial charge in [-0.3, -0.25) is 0 Å². The summed E-state index contributed by atoms with van der Waals surface area (Å²) in [5.41, 5.74) is 0.158. The number of hydrogen-bond donors (Lipinski definition) is 0. The fourth-order valence-corrected chi connectivity index (χ4v) is 3.26.